The number of phenols is 1. The first-order valence-corrected chi connectivity index (χ1v) is 5.38. The van der Waals surface area contributed by atoms with Gasteiger partial charge in [0.2, 0.25) is 0 Å². The highest BCUT2D eigenvalue weighted by Gasteiger charge is 2.00. The number of rotatable bonds is 2. The van der Waals surface area contributed by atoms with Crippen LogP contribution in [0.3, 0.4) is 0 Å². The fourth-order valence-electron chi connectivity index (χ4n) is 1.25. The zero-order valence-electron chi connectivity index (χ0n) is 9.96. The van der Waals surface area contributed by atoms with Crippen LogP contribution >= 0.6 is 0 Å². The van der Waals surface area contributed by atoms with Crippen LogP contribution in [0.5, 0.6) is 5.75 Å². The van der Waals surface area contributed by atoms with Gasteiger partial charge in [0.15, 0.2) is 0 Å². The van der Waals surface area contributed by atoms with Crippen LogP contribution in [-0.4, -0.2) is 5.11 Å². The molecule has 0 aliphatic carbocycles. The lowest BCUT2D eigenvalue weighted by Gasteiger charge is -2.06. The van der Waals surface area contributed by atoms with Gasteiger partial charge < -0.3 is 5.11 Å². The van der Waals surface area contributed by atoms with Gasteiger partial charge in [0.25, 0.3) is 0 Å². The highest BCUT2D eigenvalue weighted by Crippen LogP contribution is 2.19. The molecule has 1 N–H and O–H groups in total. The Morgan fingerprint density at radius 3 is 2.21 bits per heavy atom. The summed E-state index contributed by atoms with van der Waals surface area (Å²) < 4.78 is 0. The van der Waals surface area contributed by atoms with E-state index in [9.17, 15) is 5.11 Å². The van der Waals surface area contributed by atoms with Crippen molar-refractivity contribution in [2.24, 2.45) is 5.92 Å². The molecule has 0 unspecified atom stereocenters. The lowest BCUT2D eigenvalue weighted by atomic mass is 10.0. The van der Waals surface area contributed by atoms with E-state index in [2.05, 4.69) is 19.9 Å². The summed E-state index contributed by atoms with van der Waals surface area (Å²) in [6, 6.07) is 5.90. The van der Waals surface area contributed by atoms with Gasteiger partial charge in [-0.2, -0.15) is 0 Å². The maximum absolute atomic E-state index is 9.41. The molecule has 1 heteroatoms. The van der Waals surface area contributed by atoms with Gasteiger partial charge in [0, 0.05) is 0 Å². The maximum atomic E-state index is 9.41. The molecule has 0 saturated heterocycles. The third-order valence-corrected chi connectivity index (χ3v) is 1.92. The molecule has 1 aromatic rings. The molecule has 80 valence electrons. The van der Waals surface area contributed by atoms with Gasteiger partial charge in [0.1, 0.15) is 5.75 Å². The summed E-state index contributed by atoms with van der Waals surface area (Å²) >= 11 is 0. The first-order chi connectivity index (χ1) is 6.59. The number of aryl methyl sites for hydroxylation is 1. The van der Waals surface area contributed by atoms with Crippen LogP contribution in [0.2, 0.25) is 0 Å². The SMILES string of the molecule is CC.Cc1ccc(CC(C)C)cc1O. The normalized spacial score (nSPS) is 9.57. The molecular formula is C13H22O. The Balaban J connectivity index is 0.000000791. The van der Waals surface area contributed by atoms with Crippen molar-refractivity contribution in [2.45, 2.75) is 41.0 Å². The average Bonchev–Trinajstić information content (AvgIpc) is 2.14. The van der Waals surface area contributed by atoms with Crippen molar-refractivity contribution in [3.63, 3.8) is 0 Å². The van der Waals surface area contributed by atoms with Crippen LogP contribution in [0.15, 0.2) is 18.2 Å². The summed E-state index contributed by atoms with van der Waals surface area (Å²) in [5.41, 5.74) is 2.16. The van der Waals surface area contributed by atoms with Gasteiger partial charge in [-0.25, -0.2) is 0 Å². The van der Waals surface area contributed by atoms with Crippen molar-refractivity contribution >= 4 is 0 Å². The highest BCUT2D eigenvalue weighted by atomic mass is 16.3. The van der Waals surface area contributed by atoms with Gasteiger partial charge >= 0.3 is 0 Å². The van der Waals surface area contributed by atoms with Crippen LogP contribution in [-0.2, 0) is 6.42 Å². The topological polar surface area (TPSA) is 20.2 Å². The summed E-state index contributed by atoms with van der Waals surface area (Å²) in [7, 11) is 0. The van der Waals surface area contributed by atoms with Crippen molar-refractivity contribution < 1.29 is 5.11 Å². The largest absolute Gasteiger partial charge is 0.508 e. The predicted octanol–water partition coefficient (Wildman–Crippen LogP) is 3.93. The maximum Gasteiger partial charge on any atom is 0.118 e. The fraction of sp³-hybridized carbons (Fsp3) is 0.538. The van der Waals surface area contributed by atoms with E-state index in [1.54, 1.807) is 0 Å². The molecule has 0 bridgehead atoms. The second-order valence-electron chi connectivity index (χ2n) is 3.72. The minimum atomic E-state index is 0.410. The quantitative estimate of drug-likeness (QED) is 0.756. The molecule has 1 rings (SSSR count). The first-order valence-electron chi connectivity index (χ1n) is 5.38. The smallest absolute Gasteiger partial charge is 0.118 e. The van der Waals surface area contributed by atoms with E-state index in [0.717, 1.165) is 12.0 Å². The molecule has 0 saturated carbocycles. The molecule has 0 aliphatic rings. The van der Waals surface area contributed by atoms with Gasteiger partial charge in [-0.3, -0.25) is 0 Å². The Morgan fingerprint density at radius 1 is 1.21 bits per heavy atom. The van der Waals surface area contributed by atoms with Crippen molar-refractivity contribution in [1.29, 1.82) is 0 Å². The Labute approximate surface area is 87.8 Å². The Hall–Kier alpha value is -0.980. The molecule has 14 heavy (non-hydrogen) atoms. The zero-order valence-corrected chi connectivity index (χ0v) is 9.96. The van der Waals surface area contributed by atoms with Crippen molar-refractivity contribution in [2.75, 3.05) is 0 Å². The minimum Gasteiger partial charge on any atom is -0.508 e. The number of hydrogen-bond donors (Lipinski definition) is 1. The van der Waals surface area contributed by atoms with E-state index >= 15 is 0 Å². The predicted molar refractivity (Wildman–Crippen MR) is 62.7 cm³/mol. The average molecular weight is 194 g/mol. The summed E-state index contributed by atoms with van der Waals surface area (Å²) in [4.78, 5) is 0. The lowest BCUT2D eigenvalue weighted by Crippen LogP contribution is -1.93. The van der Waals surface area contributed by atoms with Gasteiger partial charge in [-0.1, -0.05) is 39.8 Å². The molecule has 0 amide bonds. The van der Waals surface area contributed by atoms with Crippen LogP contribution < -0.4 is 0 Å². The van der Waals surface area contributed by atoms with Crippen LogP contribution in [0, 0.1) is 12.8 Å². The summed E-state index contributed by atoms with van der Waals surface area (Å²) in [5, 5.41) is 9.41. The molecule has 0 aliphatic heterocycles. The summed E-state index contributed by atoms with van der Waals surface area (Å²) in [5.74, 6) is 1.06. The van der Waals surface area contributed by atoms with Crippen LogP contribution in [0.25, 0.3) is 0 Å². The monoisotopic (exact) mass is 194 g/mol. The Kier molecular flexibility index (Phi) is 6.02. The zero-order chi connectivity index (χ0) is 11.1. The first kappa shape index (κ1) is 13.0. The molecule has 0 fully saturated rings. The van der Waals surface area contributed by atoms with Gasteiger partial charge in [-0.15, -0.1) is 0 Å². The molecule has 0 atom stereocenters. The van der Waals surface area contributed by atoms with E-state index in [0.29, 0.717) is 11.7 Å². The molecule has 0 aromatic heterocycles. The summed E-state index contributed by atoms with van der Waals surface area (Å²) in [6.07, 6.45) is 1.04. The van der Waals surface area contributed by atoms with Gasteiger partial charge in [-0.05, 0) is 36.5 Å². The third-order valence-electron chi connectivity index (χ3n) is 1.92. The molecular weight excluding hydrogens is 172 g/mol. The molecule has 1 nitrogen and oxygen atoms in total. The van der Waals surface area contributed by atoms with E-state index < -0.39 is 0 Å². The number of hydrogen-bond acceptors (Lipinski definition) is 1. The van der Waals surface area contributed by atoms with Crippen molar-refractivity contribution in [3.05, 3.63) is 29.3 Å². The van der Waals surface area contributed by atoms with E-state index in [1.165, 1.54) is 5.56 Å². The van der Waals surface area contributed by atoms with Crippen molar-refractivity contribution in [1.82, 2.24) is 0 Å². The van der Waals surface area contributed by atoms with Gasteiger partial charge in [0.05, 0.1) is 0 Å². The number of aromatic hydroxyl groups is 1. The number of phenolic OH excluding ortho intramolecular Hbond substituents is 1. The second-order valence-corrected chi connectivity index (χ2v) is 3.72. The fourth-order valence-corrected chi connectivity index (χ4v) is 1.25. The lowest BCUT2D eigenvalue weighted by molar-refractivity contribution is 0.469. The minimum absolute atomic E-state index is 0.410. The van der Waals surface area contributed by atoms with Crippen LogP contribution in [0.4, 0.5) is 0 Å². The van der Waals surface area contributed by atoms with E-state index in [1.807, 2.05) is 32.9 Å². The molecule has 1 aromatic carbocycles. The number of benzene rings is 1. The van der Waals surface area contributed by atoms with E-state index in [4.69, 9.17) is 0 Å². The van der Waals surface area contributed by atoms with Crippen LogP contribution in [0.1, 0.15) is 38.8 Å². The Bertz CT molecular complexity index is 264. The second kappa shape index (κ2) is 6.47. The third kappa shape index (κ3) is 4.31. The molecule has 0 radical (unpaired) electrons. The highest BCUT2D eigenvalue weighted by molar-refractivity contribution is 5.35. The Morgan fingerprint density at radius 2 is 1.79 bits per heavy atom. The standard InChI is InChI=1S/C11H16O.C2H6/c1-8(2)6-10-5-4-9(3)11(12)7-10;1-2/h4-5,7-8,12H,6H2,1-3H3;1-2H3. The van der Waals surface area contributed by atoms with E-state index in [-0.39, 0.29) is 0 Å². The summed E-state index contributed by atoms with van der Waals surface area (Å²) in [6.45, 7) is 10.3. The van der Waals surface area contributed by atoms with Crippen molar-refractivity contribution in [3.8, 4) is 5.75 Å². The molecule has 0 spiro atoms. The molecule has 0 heterocycles.